The number of aromatic hydroxyl groups is 3. The summed E-state index contributed by atoms with van der Waals surface area (Å²) in [6.07, 6.45) is 11.9. The third-order valence-corrected chi connectivity index (χ3v) is 30.1. The Kier molecular flexibility index (Phi) is 22.7. The fourth-order valence-corrected chi connectivity index (χ4v) is 23.6. The fraction of sp³-hybridized carbons (Fsp3) is 0.287. The first-order valence-electron chi connectivity index (χ1n) is 46.6. The maximum Gasteiger partial charge on any atom is 0.415 e. The van der Waals surface area contributed by atoms with E-state index >= 15 is 0 Å². The van der Waals surface area contributed by atoms with Crippen LogP contribution in [0.4, 0.5) is 38.9 Å². The van der Waals surface area contributed by atoms with E-state index in [1.54, 1.807) is 60.7 Å². The van der Waals surface area contributed by atoms with Crippen molar-refractivity contribution in [1.29, 1.82) is 5.26 Å². The summed E-state index contributed by atoms with van der Waals surface area (Å²) in [6, 6.07) is 21.4. The Morgan fingerprint density at radius 1 is 0.507 bits per heavy atom. The highest BCUT2D eigenvalue weighted by Crippen LogP contribution is 2.75. The summed E-state index contributed by atoms with van der Waals surface area (Å²) in [5.41, 5.74) is 11.1. The number of methoxy groups -OCH3 is 1. The molecule has 8 bridgehead atoms. The van der Waals surface area contributed by atoms with Gasteiger partial charge in [-0.05, 0) is 182 Å². The van der Waals surface area contributed by atoms with E-state index in [-0.39, 0.29) is 136 Å². The Balaban J connectivity index is 0.000000115. The Morgan fingerprint density at radius 2 is 0.911 bits per heavy atom. The Morgan fingerprint density at radius 3 is 1.40 bits per heavy atom. The third kappa shape index (κ3) is 13.4. The van der Waals surface area contributed by atoms with Gasteiger partial charge in [-0.3, -0.25) is 38.5 Å². The number of ether oxygens (including phenoxy) is 7. The molecule has 1 unspecified atom stereocenters. The van der Waals surface area contributed by atoms with E-state index in [2.05, 4.69) is 133 Å². The molecule has 7 aromatic carbocycles. The summed E-state index contributed by atoms with van der Waals surface area (Å²) in [6.45, 7) is 18.9. The molecule has 8 aliphatic heterocycles. The molecule has 31 heteroatoms. The lowest BCUT2D eigenvalue weighted by Crippen LogP contribution is -2.59. The number of anilines is 6. The van der Waals surface area contributed by atoms with Crippen LogP contribution in [0.3, 0.4) is 0 Å². The van der Waals surface area contributed by atoms with Crippen LogP contribution < -0.4 is 37.5 Å². The van der Waals surface area contributed by atoms with Crippen molar-refractivity contribution in [2.75, 3.05) is 46.5 Å². The van der Waals surface area contributed by atoms with Crippen LogP contribution in [0.2, 0.25) is 0 Å². The van der Waals surface area contributed by atoms with Gasteiger partial charge in [-0.1, -0.05) is 168 Å². The van der Waals surface area contributed by atoms with E-state index in [1.165, 1.54) is 116 Å². The molecule has 24 rings (SSSR count). The Labute approximate surface area is 835 Å². The number of hydrogen-bond donors (Lipinski definition) is 13. The van der Waals surface area contributed by atoms with Gasteiger partial charge in [-0.15, -0.1) is 0 Å². The van der Waals surface area contributed by atoms with Crippen LogP contribution in [-0.2, 0) is 50.0 Å². The molecule has 8 heterocycles. The van der Waals surface area contributed by atoms with Crippen LogP contribution in [0.25, 0.3) is 0 Å². The number of nitrogen functional groups attached to an aromatic ring is 3. The van der Waals surface area contributed by atoms with Gasteiger partial charge in [0.1, 0.15) is 70.6 Å². The molecule has 16 N–H and O–H groups in total. The summed E-state index contributed by atoms with van der Waals surface area (Å²) in [4.78, 5) is 120. The van der Waals surface area contributed by atoms with Crippen molar-refractivity contribution in [3.05, 3.63) is 271 Å². The number of carbonyl (C=O) groups excluding carboxylic acids is 9. The maximum atomic E-state index is 14.2. The molecule has 5 fully saturated rings. The number of hydrogen-bond acceptors (Lipinski definition) is 30. The van der Waals surface area contributed by atoms with Crippen molar-refractivity contribution in [2.24, 2.45) is 29.1 Å². The van der Waals surface area contributed by atoms with Gasteiger partial charge in [0.2, 0.25) is 6.10 Å². The van der Waals surface area contributed by atoms with Crippen LogP contribution in [-0.4, -0.2) is 184 Å². The minimum absolute atomic E-state index is 0.0308. The zero-order chi connectivity index (χ0) is 104. The number of rotatable bonds is 7. The monoisotopic (exact) mass is 1950 g/mol. The summed E-state index contributed by atoms with van der Waals surface area (Å²) < 4.78 is 40.8. The average Bonchev–Trinajstić information content (AvgIpc) is 1.49. The molecular weight excluding hydrogens is 1860 g/mol. The number of benzene rings is 7. The van der Waals surface area contributed by atoms with E-state index in [0.717, 1.165) is 12.0 Å². The van der Waals surface area contributed by atoms with Crippen LogP contribution in [0.1, 0.15) is 196 Å². The number of aliphatic hydroxyl groups excluding tert-OH is 5. The first kappa shape index (κ1) is 96.5. The minimum Gasteiger partial charge on any atom is -0.507 e. The number of epoxide rings is 4. The molecule has 7 aromatic rings. The van der Waals surface area contributed by atoms with Crippen LogP contribution in [0, 0.1) is 135 Å². The molecule has 1 saturated carbocycles. The second-order valence-corrected chi connectivity index (χ2v) is 38.6. The molecule has 0 radical (unpaired) electrons. The van der Waals surface area contributed by atoms with Crippen molar-refractivity contribution in [3.8, 4) is 124 Å². The Hall–Kier alpha value is -17.0. The van der Waals surface area contributed by atoms with Gasteiger partial charge < -0.3 is 102 Å². The molecule has 1 amide bonds. The second-order valence-electron chi connectivity index (χ2n) is 38.6. The van der Waals surface area contributed by atoms with Gasteiger partial charge >= 0.3 is 12.1 Å². The number of carbonyl (C=O) groups is 9. The number of esters is 1. The molecule has 31 nitrogen and oxygen atoms in total. The van der Waals surface area contributed by atoms with Gasteiger partial charge in [-0.2, -0.15) is 5.26 Å². The van der Waals surface area contributed by atoms with E-state index in [4.69, 9.17) is 55.6 Å². The van der Waals surface area contributed by atoms with Gasteiger partial charge in [0, 0.05) is 78.1 Å². The van der Waals surface area contributed by atoms with E-state index in [9.17, 15) is 84.0 Å². The number of phenols is 3. The highest BCUT2D eigenvalue weighted by Gasteiger charge is 2.87. The Bertz CT molecular complexity index is 7840. The molecule has 19 atom stereocenters. The smallest absolute Gasteiger partial charge is 0.415 e. The summed E-state index contributed by atoms with van der Waals surface area (Å²) >= 11 is 0. The standard InChI is InChI=1S/C32H25NO8.C27H20N2O5.C26H18N2O6.C21H20O3.C9H6N2O2/c1-5-14-40-30(38)33-23-10-8-6-7-9-11-24(35)32(31(23,41-32)17(2)3)21-16-22(34)25-26(27(21)33)28(36)19-13-12-18(39-4)15-20(19)29(25)37;1-13(2)26-19-7-5-3-4-6-8-20(31)27(26,34-26)17-12-18(30)21-22(23(17)29-19)24(32)15-10-9-14(28)11-16(15)25(21)33;1-12(29)25-18-6-4-2-3-5-7-19(31)26(25,34-25)16-11-17(30)20-21(22(16)28-18)23(32)14-9-8-13(27)10-15(14)24(20)33;1-14(2)20-15-8-6-4-5-7-9-18(23)21(20,24-20)17-12-16(22)10-11-19(17,3)13-15;10-4-8-6-2-1-5(11)3-7(6)9(12)13-8/h5-7,12-13,15-17,23-24,34-35H,1,14H2,2-4H3;3-4,9-13,19-20,29-31H,28H2,1-2H3;2-3,8-12,18-19,28-31H,27H2,1H3;4-5,10-12,14-15,18,23H,13H2,1-3H3;1-3,8H,11H2/b7-6-;4-3-;3-2-;5-4-;/t23-,24+,31-,32-;19-,20+,26-,27-;12-,18+,19-,25+,26+;15-,18-,19+,20+,21+;/m0011./s1. The number of allylic oxidation sites excluding steroid dienone is 11. The number of ketones is 7. The van der Waals surface area contributed by atoms with Crippen LogP contribution >= 0.6 is 0 Å². The minimum atomic E-state index is -1.59. The molecule has 728 valence electrons. The number of nitrogens with two attached hydrogens (primary N) is 3. The molecular formula is C115H89N7O24. The number of amides is 1. The number of nitrogens with zero attached hydrogens (tertiary/aromatic N) is 2. The van der Waals surface area contributed by atoms with Crippen molar-refractivity contribution >= 4 is 86.7 Å². The zero-order valence-corrected chi connectivity index (χ0v) is 79.5. The van der Waals surface area contributed by atoms with Crippen molar-refractivity contribution in [3.63, 3.8) is 0 Å². The molecule has 0 aromatic heterocycles. The first-order chi connectivity index (χ1) is 69.7. The van der Waals surface area contributed by atoms with Crippen molar-refractivity contribution in [2.45, 2.75) is 161 Å². The SMILES string of the molecule is C=CCOC(=O)N1c2c(cc(O)c3c2C(=O)c2ccc(OC)cc2C3=O)[C@@]23O[C@@]2(C(C)C)[C@@H]1C#C/C=C\C#C[C@H]3O.CC(C)[C@@]12O[C@]13C1=CC(=O)C=C[C@@]1(C)C[C@H]2C#C/C=C\C#C[C@H]3O.CC(C)[C@@]12O[C@]13c1cc(O)c4c(c1N[C@H]2C#C/C=C\C#C[C@H]3O)C(=O)c1ccc(N)cc1C4=O.C[C@@H](O)[C@@]12O[C@]13c1cc(O)c4c(c1N[C@H]2C#C/C=C\C#C[C@H]3O)C(=O)c1ccc(N)cc1C4=O.N#CC1OC(=O)c2cc(N)ccc21. The number of phenolic OH excluding ortho intramolecular Hbond substituents is 3. The second kappa shape index (κ2) is 34.4. The predicted molar refractivity (Wildman–Crippen MR) is 527 cm³/mol. The predicted octanol–water partition coefficient (Wildman–Crippen LogP) is 9.36. The summed E-state index contributed by atoms with van der Waals surface area (Å²) in [5.74, 6) is 41.4. The topological polar surface area (TPSA) is 522 Å². The summed E-state index contributed by atoms with van der Waals surface area (Å²) in [7, 11) is 1.43. The van der Waals surface area contributed by atoms with E-state index < -0.39 is 158 Å². The van der Waals surface area contributed by atoms with Crippen molar-refractivity contribution < 1.29 is 117 Å². The molecule has 0 spiro atoms. The van der Waals surface area contributed by atoms with Gasteiger partial charge in [0.25, 0.3) is 0 Å². The quantitative estimate of drug-likeness (QED) is 0.0176. The normalized spacial score (nSPS) is 31.1. The first-order valence-corrected chi connectivity index (χ1v) is 46.6. The summed E-state index contributed by atoms with van der Waals surface area (Å²) in [5, 5.41) is 104. The van der Waals surface area contributed by atoms with E-state index in [1.807, 2.05) is 39.8 Å². The molecule has 4 saturated heterocycles. The van der Waals surface area contributed by atoms with Crippen LogP contribution in [0.5, 0.6) is 23.0 Å². The third-order valence-electron chi connectivity index (χ3n) is 30.1. The highest BCUT2D eigenvalue weighted by molar-refractivity contribution is 6.34. The fourth-order valence-electron chi connectivity index (χ4n) is 23.6. The number of fused-ring (bicyclic) bond motifs is 14. The lowest BCUT2D eigenvalue weighted by atomic mass is 9.54. The number of aliphatic hydroxyl groups is 5. The lowest BCUT2D eigenvalue weighted by molar-refractivity contribution is -0.110. The van der Waals surface area contributed by atoms with Crippen molar-refractivity contribution in [1.82, 2.24) is 0 Å². The van der Waals surface area contributed by atoms with E-state index in [0.29, 0.717) is 45.2 Å². The maximum absolute atomic E-state index is 14.2. The highest BCUT2D eigenvalue weighted by atomic mass is 16.7. The molecule has 9 aliphatic carbocycles. The number of cyclic esters (lactones) is 1. The molecule has 17 aliphatic rings. The largest absolute Gasteiger partial charge is 0.507 e. The zero-order valence-electron chi connectivity index (χ0n) is 79.5. The van der Waals surface area contributed by atoms with Gasteiger partial charge in [0.15, 0.2) is 92.9 Å². The van der Waals surface area contributed by atoms with Crippen LogP contribution in [0.15, 0.2) is 176 Å². The number of nitriles is 1. The van der Waals surface area contributed by atoms with Gasteiger partial charge in [0.05, 0.1) is 75.1 Å². The lowest BCUT2D eigenvalue weighted by Gasteiger charge is -2.45. The average molecular weight is 1950 g/mol. The van der Waals surface area contributed by atoms with Gasteiger partial charge in [-0.25, -0.2) is 9.59 Å². The molecule has 146 heavy (non-hydrogen) atoms. The number of nitrogens with one attached hydrogen (secondary N) is 2.